The zero-order valence-electron chi connectivity index (χ0n) is 21.7. The quantitative estimate of drug-likeness (QED) is 0.398. The second-order valence-electron chi connectivity index (χ2n) is 9.36. The van der Waals surface area contributed by atoms with Gasteiger partial charge in [-0.15, -0.1) is 0 Å². The van der Waals surface area contributed by atoms with Gasteiger partial charge in [-0.3, -0.25) is 9.59 Å². The monoisotopic (exact) mass is 562 g/mol. The zero-order chi connectivity index (χ0) is 29.4. The summed E-state index contributed by atoms with van der Waals surface area (Å²) >= 11 is 0. The lowest BCUT2D eigenvalue weighted by molar-refractivity contribution is -0.137. The molecule has 2 heterocycles. The lowest BCUT2D eigenvalue weighted by Crippen LogP contribution is -2.52. The van der Waals surface area contributed by atoms with Crippen molar-refractivity contribution < 1.29 is 46.6 Å². The van der Waals surface area contributed by atoms with Gasteiger partial charge < -0.3 is 30.0 Å². The maximum Gasteiger partial charge on any atom is 0.416 e. The third-order valence-corrected chi connectivity index (χ3v) is 5.68. The van der Waals surface area contributed by atoms with Crippen molar-refractivity contribution in [1.82, 2.24) is 5.32 Å². The number of nitrogens with one attached hydrogen (secondary N) is 1. The molecule has 1 aliphatic rings. The molecule has 2 atom stereocenters. The fourth-order valence-corrected chi connectivity index (χ4v) is 3.68. The van der Waals surface area contributed by atoms with E-state index >= 15 is 0 Å². The van der Waals surface area contributed by atoms with Gasteiger partial charge in [-0.1, -0.05) is 38.1 Å². The van der Waals surface area contributed by atoms with E-state index in [0.717, 1.165) is 12.1 Å². The summed E-state index contributed by atoms with van der Waals surface area (Å²) in [7, 11) is 0. The number of amides is 1. The number of carbonyl (C=O) groups excluding carboxylic acids is 2. The van der Waals surface area contributed by atoms with Crippen LogP contribution in [-0.4, -0.2) is 48.1 Å². The summed E-state index contributed by atoms with van der Waals surface area (Å²) in [6.45, 7) is 3.94. The number of furan rings is 1. The summed E-state index contributed by atoms with van der Waals surface area (Å²) in [6, 6.07) is 12.7. The topological polar surface area (TPSA) is 141 Å². The van der Waals surface area contributed by atoms with Gasteiger partial charge >= 0.3 is 12.1 Å². The molecule has 214 valence electrons. The maximum absolute atomic E-state index is 12.5. The van der Waals surface area contributed by atoms with E-state index in [9.17, 15) is 27.6 Å². The van der Waals surface area contributed by atoms with Crippen LogP contribution >= 0.6 is 0 Å². The van der Waals surface area contributed by atoms with Crippen LogP contribution in [0, 0.1) is 5.92 Å². The lowest BCUT2D eigenvalue weighted by Gasteiger charge is -2.24. The van der Waals surface area contributed by atoms with E-state index in [1.807, 2.05) is 19.9 Å². The third kappa shape index (κ3) is 8.34. The van der Waals surface area contributed by atoms with Gasteiger partial charge in [0.1, 0.15) is 25.0 Å². The molecule has 0 spiro atoms. The normalized spacial score (nSPS) is 15.8. The number of aromatic carboxylic acids is 1. The van der Waals surface area contributed by atoms with Crippen LogP contribution in [0.3, 0.4) is 0 Å². The number of halogens is 3. The second kappa shape index (κ2) is 13.2. The number of alkyl halides is 3. The zero-order valence-corrected chi connectivity index (χ0v) is 21.7. The minimum atomic E-state index is -4.45. The number of Topliss-reactive ketones (excluding diaryl/α,β-unsaturated/α-hetero) is 1. The van der Waals surface area contributed by atoms with Gasteiger partial charge in [0, 0.05) is 5.56 Å². The number of ether oxygens (including phenoxy) is 2. The average Bonchev–Trinajstić information content (AvgIpc) is 3.40. The highest BCUT2D eigenvalue weighted by atomic mass is 19.4. The maximum atomic E-state index is 12.5. The summed E-state index contributed by atoms with van der Waals surface area (Å²) in [5.74, 6) is -0.698. The first kappa shape index (κ1) is 30.2. The predicted molar refractivity (Wildman–Crippen MR) is 138 cm³/mol. The molecule has 2 aromatic carbocycles. The molecule has 12 heteroatoms. The standard InChI is InChI=1S/C16H22N2O4.C12H7F3O3/c1-10(2)7-11(17)16(20)18-12-8-21-14-5-3-4-6-15(14)22-9-13(12)19;13-12(14,15)8-3-1-2-7(6-8)9-4-5-10(18-9)11(16)17/h3-6,10-12H,7-9,17H2,1-2H3,(H,18,20);1-6H,(H,16,17)/t11-,12?;/m0./s1. The Morgan fingerprint density at radius 2 is 1.73 bits per heavy atom. The number of para-hydroxylation sites is 2. The van der Waals surface area contributed by atoms with Crippen LogP contribution in [0.2, 0.25) is 0 Å². The summed E-state index contributed by atoms with van der Waals surface area (Å²) in [5.41, 5.74) is 5.20. The Bertz CT molecular complexity index is 1340. The van der Waals surface area contributed by atoms with Gasteiger partial charge in [-0.25, -0.2) is 4.79 Å². The molecule has 0 saturated carbocycles. The van der Waals surface area contributed by atoms with E-state index in [2.05, 4.69) is 5.32 Å². The number of nitrogens with two attached hydrogens (primary N) is 1. The molecule has 1 aromatic heterocycles. The van der Waals surface area contributed by atoms with Gasteiger partial charge in [-0.2, -0.15) is 13.2 Å². The summed E-state index contributed by atoms with van der Waals surface area (Å²) < 4.78 is 53.4. The van der Waals surface area contributed by atoms with Crippen molar-refractivity contribution in [1.29, 1.82) is 0 Å². The van der Waals surface area contributed by atoms with E-state index in [1.165, 1.54) is 24.3 Å². The summed E-state index contributed by atoms with van der Waals surface area (Å²) in [5, 5.41) is 11.3. The number of carboxylic acids is 1. The molecule has 0 fully saturated rings. The molecular weight excluding hydrogens is 533 g/mol. The molecule has 9 nitrogen and oxygen atoms in total. The van der Waals surface area contributed by atoms with Crippen molar-refractivity contribution in [2.75, 3.05) is 13.2 Å². The number of carboxylic acid groups (broad SMARTS) is 1. The van der Waals surface area contributed by atoms with Gasteiger partial charge in [0.25, 0.3) is 0 Å². The van der Waals surface area contributed by atoms with Crippen LogP contribution < -0.4 is 20.5 Å². The van der Waals surface area contributed by atoms with Gasteiger partial charge in [0.2, 0.25) is 11.7 Å². The number of hydrogen-bond acceptors (Lipinski definition) is 7. The second-order valence-corrected chi connectivity index (χ2v) is 9.36. The van der Waals surface area contributed by atoms with Crippen LogP contribution in [0.5, 0.6) is 11.5 Å². The number of ketones is 1. The van der Waals surface area contributed by atoms with E-state index in [-0.39, 0.29) is 42.0 Å². The smallest absolute Gasteiger partial charge is 0.416 e. The lowest BCUT2D eigenvalue weighted by atomic mass is 10.0. The highest BCUT2D eigenvalue weighted by Gasteiger charge is 2.31. The van der Waals surface area contributed by atoms with Crippen molar-refractivity contribution in [3.8, 4) is 22.8 Å². The first-order chi connectivity index (χ1) is 18.8. The van der Waals surface area contributed by atoms with Crippen molar-refractivity contribution in [3.05, 3.63) is 72.0 Å². The highest BCUT2D eigenvalue weighted by molar-refractivity contribution is 5.92. The highest BCUT2D eigenvalue weighted by Crippen LogP contribution is 2.32. The molecule has 1 amide bonds. The fourth-order valence-electron chi connectivity index (χ4n) is 3.68. The summed E-state index contributed by atoms with van der Waals surface area (Å²) in [6.07, 6.45) is -3.88. The first-order valence-electron chi connectivity index (χ1n) is 12.3. The Hall–Kier alpha value is -4.32. The minimum Gasteiger partial charge on any atom is -0.487 e. The Labute approximate surface area is 228 Å². The molecular formula is C28H29F3N2O7. The minimum absolute atomic E-state index is 0.0688. The molecule has 1 unspecified atom stereocenters. The average molecular weight is 563 g/mol. The van der Waals surface area contributed by atoms with Crippen LogP contribution in [-0.2, 0) is 15.8 Å². The molecule has 3 aromatic rings. The molecule has 0 radical (unpaired) electrons. The van der Waals surface area contributed by atoms with Crippen molar-refractivity contribution in [3.63, 3.8) is 0 Å². The number of hydrogen-bond donors (Lipinski definition) is 3. The molecule has 1 aliphatic heterocycles. The molecule has 4 N–H and O–H groups in total. The molecule has 0 saturated heterocycles. The van der Waals surface area contributed by atoms with E-state index < -0.39 is 29.8 Å². The van der Waals surface area contributed by atoms with E-state index in [1.54, 1.807) is 18.2 Å². The predicted octanol–water partition coefficient (Wildman–Crippen LogP) is 4.55. The Balaban J connectivity index is 0.000000225. The summed E-state index contributed by atoms with van der Waals surface area (Å²) in [4.78, 5) is 34.7. The third-order valence-electron chi connectivity index (χ3n) is 5.68. The van der Waals surface area contributed by atoms with Crippen LogP contribution in [0.4, 0.5) is 13.2 Å². The Morgan fingerprint density at radius 1 is 1.05 bits per heavy atom. The van der Waals surface area contributed by atoms with Crippen LogP contribution in [0.25, 0.3) is 11.3 Å². The first-order valence-corrected chi connectivity index (χ1v) is 12.3. The van der Waals surface area contributed by atoms with Crippen LogP contribution in [0.15, 0.2) is 65.1 Å². The fraction of sp³-hybridized carbons (Fsp3) is 0.321. The Morgan fingerprint density at radius 3 is 2.33 bits per heavy atom. The SMILES string of the molecule is CC(C)C[C@H](N)C(=O)NC1COc2ccccc2OCC1=O.O=C(O)c1ccc(-c2cccc(C(F)(F)F)c2)o1. The number of fused-ring (bicyclic) bond motifs is 1. The largest absolute Gasteiger partial charge is 0.487 e. The van der Waals surface area contributed by atoms with E-state index in [4.69, 9.17) is 24.7 Å². The molecule has 0 aliphatic carbocycles. The number of rotatable bonds is 6. The Kier molecular flexibility index (Phi) is 9.94. The van der Waals surface area contributed by atoms with Crippen molar-refractivity contribution >= 4 is 17.7 Å². The molecule has 4 rings (SSSR count). The molecule has 40 heavy (non-hydrogen) atoms. The van der Waals surface area contributed by atoms with Gasteiger partial charge in [-0.05, 0) is 48.7 Å². The number of benzene rings is 2. The van der Waals surface area contributed by atoms with E-state index in [0.29, 0.717) is 23.8 Å². The number of carbonyl (C=O) groups is 3. The van der Waals surface area contributed by atoms with Gasteiger partial charge in [0.05, 0.1) is 11.6 Å². The van der Waals surface area contributed by atoms with Crippen LogP contribution in [0.1, 0.15) is 36.4 Å². The van der Waals surface area contributed by atoms with Crippen molar-refractivity contribution in [2.24, 2.45) is 11.7 Å². The van der Waals surface area contributed by atoms with Crippen molar-refractivity contribution in [2.45, 2.75) is 38.5 Å². The molecule has 0 bridgehead atoms. The van der Waals surface area contributed by atoms with Gasteiger partial charge in [0.15, 0.2) is 17.3 Å².